The Morgan fingerprint density at radius 1 is 1.04 bits per heavy atom. The lowest BCUT2D eigenvalue weighted by Gasteiger charge is -2.04. The number of benzene rings is 1. The Hall–Kier alpha value is -3.41. The number of H-pyrrole nitrogens is 1. The van der Waals surface area contributed by atoms with Gasteiger partial charge in [0.05, 0.1) is 11.4 Å². The molecule has 128 valence electrons. The summed E-state index contributed by atoms with van der Waals surface area (Å²) in [7, 11) is 0. The molecule has 0 amide bonds. The average Bonchev–Trinajstić information content (AvgIpc) is 3.08. The third-order valence-corrected chi connectivity index (χ3v) is 4.14. The molecule has 0 spiro atoms. The summed E-state index contributed by atoms with van der Waals surface area (Å²) in [4.78, 5) is 28.2. The van der Waals surface area contributed by atoms with Crippen molar-refractivity contribution < 1.29 is 9.18 Å². The van der Waals surface area contributed by atoms with Gasteiger partial charge in [-0.2, -0.15) is 0 Å². The van der Waals surface area contributed by atoms with Gasteiger partial charge >= 0.3 is 0 Å². The highest BCUT2D eigenvalue weighted by molar-refractivity contribution is 5.92. The van der Waals surface area contributed by atoms with Crippen molar-refractivity contribution in [3.63, 3.8) is 0 Å². The van der Waals surface area contributed by atoms with Crippen molar-refractivity contribution >= 4 is 16.8 Å². The van der Waals surface area contributed by atoms with Gasteiger partial charge in [-0.3, -0.25) is 4.79 Å². The minimum Gasteiger partial charge on any atom is -0.345 e. The van der Waals surface area contributed by atoms with E-state index in [0.717, 1.165) is 27.9 Å². The van der Waals surface area contributed by atoms with E-state index in [-0.39, 0.29) is 24.4 Å². The number of fused-ring (bicyclic) bond motifs is 1. The predicted octanol–water partition coefficient (Wildman–Crippen LogP) is 3.51. The van der Waals surface area contributed by atoms with Crippen molar-refractivity contribution in [2.24, 2.45) is 0 Å². The number of aromatic amines is 1. The van der Waals surface area contributed by atoms with Gasteiger partial charge in [0.25, 0.3) is 0 Å². The number of rotatable bonds is 5. The lowest BCUT2D eigenvalue weighted by atomic mass is 10.0. The molecule has 0 aliphatic carbocycles. The first-order valence-corrected chi connectivity index (χ1v) is 8.18. The van der Waals surface area contributed by atoms with Crippen molar-refractivity contribution in [1.29, 1.82) is 0 Å². The molecule has 6 heteroatoms. The summed E-state index contributed by atoms with van der Waals surface area (Å²) in [5, 5.41) is 0.967. The van der Waals surface area contributed by atoms with Gasteiger partial charge in [-0.05, 0) is 35.9 Å². The highest BCUT2D eigenvalue weighted by atomic mass is 19.1. The number of hydrogen-bond donors (Lipinski definition) is 1. The fourth-order valence-electron chi connectivity index (χ4n) is 2.90. The van der Waals surface area contributed by atoms with Crippen LogP contribution in [0.4, 0.5) is 4.39 Å². The molecule has 3 aromatic heterocycles. The zero-order chi connectivity index (χ0) is 17.9. The normalized spacial score (nSPS) is 11.0. The Balaban J connectivity index is 1.54. The molecular weight excluding hydrogens is 331 g/mol. The molecular formula is C20H15FN4O. The van der Waals surface area contributed by atoms with Gasteiger partial charge in [-0.1, -0.05) is 12.1 Å². The lowest BCUT2D eigenvalue weighted by Crippen LogP contribution is -2.08. The van der Waals surface area contributed by atoms with Gasteiger partial charge < -0.3 is 4.98 Å². The van der Waals surface area contributed by atoms with Gasteiger partial charge in [0, 0.05) is 36.2 Å². The van der Waals surface area contributed by atoms with Gasteiger partial charge in [-0.15, -0.1) is 0 Å². The third kappa shape index (κ3) is 3.35. The SMILES string of the molecule is O=C(Cc1ccc(F)cc1)Cc1cc(-c2c[nH]c3ncccc23)ncn1. The van der Waals surface area contributed by atoms with Crippen LogP contribution in [0.15, 0.2) is 61.2 Å². The molecule has 0 radical (unpaired) electrons. The molecule has 4 rings (SSSR count). The fourth-order valence-corrected chi connectivity index (χ4v) is 2.90. The number of hydrogen-bond acceptors (Lipinski definition) is 4. The van der Waals surface area contributed by atoms with E-state index in [1.807, 2.05) is 24.4 Å². The summed E-state index contributed by atoms with van der Waals surface area (Å²) in [6, 6.07) is 11.6. The monoisotopic (exact) mass is 346 g/mol. The van der Waals surface area contributed by atoms with Crippen molar-refractivity contribution in [1.82, 2.24) is 19.9 Å². The fraction of sp³-hybridized carbons (Fsp3) is 0.100. The molecule has 1 aromatic carbocycles. The summed E-state index contributed by atoms with van der Waals surface area (Å²) in [5.74, 6) is -0.295. The zero-order valence-corrected chi connectivity index (χ0v) is 13.8. The Kier molecular flexibility index (Phi) is 4.23. The van der Waals surface area contributed by atoms with Gasteiger partial charge in [-0.25, -0.2) is 19.3 Å². The summed E-state index contributed by atoms with van der Waals surface area (Å²) in [6.07, 6.45) is 5.49. The molecule has 4 aromatic rings. The average molecular weight is 346 g/mol. The molecule has 0 aliphatic rings. The van der Waals surface area contributed by atoms with E-state index in [2.05, 4.69) is 19.9 Å². The number of carbonyl (C=O) groups is 1. The summed E-state index contributed by atoms with van der Waals surface area (Å²) >= 11 is 0. The highest BCUT2D eigenvalue weighted by Crippen LogP contribution is 2.26. The van der Waals surface area contributed by atoms with Crippen molar-refractivity contribution in [2.75, 3.05) is 0 Å². The maximum absolute atomic E-state index is 13.0. The second-order valence-electron chi connectivity index (χ2n) is 6.02. The van der Waals surface area contributed by atoms with Crippen LogP contribution in [0, 0.1) is 5.82 Å². The Labute approximate surface area is 149 Å². The minimum absolute atomic E-state index is 0.0156. The number of Topliss-reactive ketones (excluding diaryl/α,β-unsaturated/α-hetero) is 1. The van der Waals surface area contributed by atoms with E-state index in [1.165, 1.54) is 18.5 Å². The lowest BCUT2D eigenvalue weighted by molar-refractivity contribution is -0.117. The molecule has 0 saturated heterocycles. The van der Waals surface area contributed by atoms with Crippen LogP contribution in [0.2, 0.25) is 0 Å². The Bertz CT molecular complexity index is 1070. The smallest absolute Gasteiger partial charge is 0.143 e. The molecule has 0 atom stereocenters. The van der Waals surface area contributed by atoms with E-state index in [9.17, 15) is 9.18 Å². The van der Waals surface area contributed by atoms with Crippen LogP contribution in [-0.2, 0) is 17.6 Å². The summed E-state index contributed by atoms with van der Waals surface area (Å²) < 4.78 is 13.0. The van der Waals surface area contributed by atoms with Crippen LogP contribution in [0.25, 0.3) is 22.3 Å². The highest BCUT2D eigenvalue weighted by Gasteiger charge is 2.11. The van der Waals surface area contributed by atoms with Crippen LogP contribution in [0.1, 0.15) is 11.3 Å². The number of nitrogens with one attached hydrogen (secondary N) is 1. The molecule has 1 N–H and O–H groups in total. The van der Waals surface area contributed by atoms with E-state index in [4.69, 9.17) is 0 Å². The van der Waals surface area contributed by atoms with Crippen molar-refractivity contribution in [3.8, 4) is 11.3 Å². The number of nitrogens with zero attached hydrogens (tertiary/aromatic N) is 3. The standard InChI is InChI=1S/C20H15FN4O/c21-14-5-3-13(4-6-14)8-16(26)9-15-10-19(25-12-24-15)18-11-23-20-17(18)2-1-7-22-20/h1-7,10-12H,8-9H2,(H,22,23). The maximum atomic E-state index is 13.0. The molecule has 0 fully saturated rings. The largest absolute Gasteiger partial charge is 0.345 e. The second kappa shape index (κ2) is 6.84. The van der Waals surface area contributed by atoms with E-state index >= 15 is 0 Å². The van der Waals surface area contributed by atoms with E-state index < -0.39 is 0 Å². The molecule has 5 nitrogen and oxygen atoms in total. The zero-order valence-electron chi connectivity index (χ0n) is 13.8. The molecule has 3 heterocycles. The first kappa shape index (κ1) is 16.1. The van der Waals surface area contributed by atoms with Crippen LogP contribution in [0.3, 0.4) is 0 Å². The van der Waals surface area contributed by atoms with Crippen LogP contribution in [0.5, 0.6) is 0 Å². The summed E-state index contributed by atoms with van der Waals surface area (Å²) in [5.41, 5.74) is 3.88. The van der Waals surface area contributed by atoms with Crippen LogP contribution < -0.4 is 0 Å². The van der Waals surface area contributed by atoms with E-state index in [1.54, 1.807) is 18.3 Å². The van der Waals surface area contributed by atoms with Crippen molar-refractivity contribution in [3.05, 3.63) is 78.3 Å². The summed E-state index contributed by atoms with van der Waals surface area (Å²) in [6.45, 7) is 0. The van der Waals surface area contributed by atoms with Crippen molar-refractivity contribution in [2.45, 2.75) is 12.8 Å². The Morgan fingerprint density at radius 2 is 1.88 bits per heavy atom. The molecule has 0 unspecified atom stereocenters. The number of ketones is 1. The predicted molar refractivity (Wildman–Crippen MR) is 95.9 cm³/mol. The quantitative estimate of drug-likeness (QED) is 0.600. The minimum atomic E-state index is -0.310. The third-order valence-electron chi connectivity index (χ3n) is 4.14. The number of halogens is 1. The molecule has 0 aliphatic heterocycles. The maximum Gasteiger partial charge on any atom is 0.143 e. The Morgan fingerprint density at radius 3 is 2.73 bits per heavy atom. The second-order valence-corrected chi connectivity index (χ2v) is 6.02. The number of carbonyl (C=O) groups excluding carboxylic acids is 1. The van der Waals surface area contributed by atoms with Gasteiger partial charge in [0.2, 0.25) is 0 Å². The molecule has 26 heavy (non-hydrogen) atoms. The van der Waals surface area contributed by atoms with Gasteiger partial charge in [0.15, 0.2) is 0 Å². The number of pyridine rings is 1. The molecule has 0 bridgehead atoms. The van der Waals surface area contributed by atoms with E-state index in [0.29, 0.717) is 5.69 Å². The number of aromatic nitrogens is 4. The topological polar surface area (TPSA) is 71.5 Å². The molecule has 0 saturated carbocycles. The van der Waals surface area contributed by atoms with Crippen LogP contribution >= 0.6 is 0 Å². The first-order valence-electron chi connectivity index (χ1n) is 8.18. The van der Waals surface area contributed by atoms with Gasteiger partial charge in [0.1, 0.15) is 23.6 Å². The van der Waals surface area contributed by atoms with Crippen LogP contribution in [-0.4, -0.2) is 25.7 Å². The first-order chi connectivity index (χ1) is 12.7.